The lowest BCUT2D eigenvalue weighted by molar-refractivity contribution is 0.415. The van der Waals surface area contributed by atoms with Gasteiger partial charge in [0.25, 0.3) is 0 Å². The van der Waals surface area contributed by atoms with Crippen molar-refractivity contribution in [2.75, 3.05) is 7.11 Å². The normalized spacial score (nSPS) is 10.9. The van der Waals surface area contributed by atoms with Gasteiger partial charge < -0.3 is 4.74 Å². The molecule has 0 spiro atoms. The van der Waals surface area contributed by atoms with E-state index in [4.69, 9.17) is 16.3 Å². The molecule has 6 heteroatoms. The Kier molecular flexibility index (Phi) is 3.16. The summed E-state index contributed by atoms with van der Waals surface area (Å²) in [4.78, 5) is 4.26. The van der Waals surface area contributed by atoms with Gasteiger partial charge in [-0.2, -0.15) is 5.10 Å². The summed E-state index contributed by atoms with van der Waals surface area (Å²) in [6.07, 6.45) is 1.80. The van der Waals surface area contributed by atoms with Crippen molar-refractivity contribution in [3.8, 4) is 17.0 Å². The Morgan fingerprint density at radius 2 is 2.11 bits per heavy atom. The fraction of sp³-hybridized carbons (Fsp3) is 0.0769. The second kappa shape index (κ2) is 4.83. The largest absolute Gasteiger partial charge is 0.497 e. The van der Waals surface area contributed by atoms with E-state index in [1.807, 2.05) is 24.3 Å². The van der Waals surface area contributed by atoms with Gasteiger partial charge in [-0.1, -0.05) is 11.6 Å². The van der Waals surface area contributed by atoms with Gasteiger partial charge in [0.05, 0.1) is 24.0 Å². The number of aromatic nitrogens is 3. The molecule has 0 saturated carbocycles. The zero-order valence-corrected chi connectivity index (χ0v) is 12.3. The maximum absolute atomic E-state index is 6.24. The third kappa shape index (κ3) is 2.31. The maximum atomic E-state index is 6.24. The lowest BCUT2D eigenvalue weighted by atomic mass is 10.1. The summed E-state index contributed by atoms with van der Waals surface area (Å²) in [6, 6.07) is 9.31. The zero-order valence-electron chi connectivity index (χ0n) is 9.97. The number of rotatable bonds is 2. The van der Waals surface area contributed by atoms with E-state index in [1.54, 1.807) is 23.9 Å². The van der Waals surface area contributed by atoms with E-state index in [1.165, 1.54) is 0 Å². The molecule has 0 amide bonds. The van der Waals surface area contributed by atoms with E-state index in [-0.39, 0.29) is 0 Å². The van der Waals surface area contributed by atoms with Crippen molar-refractivity contribution in [3.63, 3.8) is 0 Å². The number of benzene rings is 1. The van der Waals surface area contributed by atoms with E-state index < -0.39 is 0 Å². The molecule has 0 N–H and O–H groups in total. The highest BCUT2D eigenvalue weighted by atomic mass is 79.9. The van der Waals surface area contributed by atoms with Crippen LogP contribution < -0.4 is 4.74 Å². The number of halogens is 2. The van der Waals surface area contributed by atoms with Crippen molar-refractivity contribution in [2.24, 2.45) is 0 Å². The molecule has 2 heterocycles. The fourth-order valence-electron chi connectivity index (χ4n) is 1.83. The average molecular weight is 339 g/mol. The number of ether oxygens (including phenoxy) is 1. The molecule has 3 rings (SSSR count). The summed E-state index contributed by atoms with van der Waals surface area (Å²) in [5.41, 5.74) is 2.42. The number of hydrogen-bond acceptors (Lipinski definition) is 3. The van der Waals surface area contributed by atoms with Gasteiger partial charge in [-0.15, -0.1) is 0 Å². The van der Waals surface area contributed by atoms with Crippen LogP contribution in [0, 0.1) is 0 Å². The highest BCUT2D eigenvalue weighted by Crippen LogP contribution is 2.30. The van der Waals surface area contributed by atoms with Crippen molar-refractivity contribution < 1.29 is 4.74 Å². The first kappa shape index (κ1) is 12.4. The van der Waals surface area contributed by atoms with Gasteiger partial charge in [0.1, 0.15) is 10.4 Å². The van der Waals surface area contributed by atoms with Crippen LogP contribution in [0.1, 0.15) is 0 Å². The van der Waals surface area contributed by atoms with Crippen molar-refractivity contribution >= 4 is 33.2 Å². The summed E-state index contributed by atoms with van der Waals surface area (Å²) in [5, 5.41) is 5.08. The van der Waals surface area contributed by atoms with Gasteiger partial charge in [-0.25, -0.2) is 9.50 Å². The average Bonchev–Trinajstić information content (AvgIpc) is 2.77. The Bertz CT molecular complexity index is 757. The first-order valence-corrected chi connectivity index (χ1v) is 6.70. The van der Waals surface area contributed by atoms with Crippen molar-refractivity contribution in [3.05, 3.63) is 46.2 Å². The molecular formula is C13H9BrClN3O. The summed E-state index contributed by atoms with van der Waals surface area (Å²) in [7, 11) is 1.61. The third-order valence-electron chi connectivity index (χ3n) is 2.74. The number of hydrogen-bond donors (Lipinski definition) is 0. The van der Waals surface area contributed by atoms with Crippen LogP contribution in [0.15, 0.2) is 41.1 Å². The monoisotopic (exact) mass is 337 g/mol. The number of imidazole rings is 1. The van der Waals surface area contributed by atoms with Crippen LogP contribution in [-0.2, 0) is 0 Å². The summed E-state index contributed by atoms with van der Waals surface area (Å²) >= 11 is 9.57. The minimum absolute atomic E-state index is 0.602. The molecule has 3 aromatic rings. The predicted molar refractivity (Wildman–Crippen MR) is 77.7 cm³/mol. The molecule has 0 saturated heterocycles. The van der Waals surface area contributed by atoms with Crippen molar-refractivity contribution in [2.45, 2.75) is 0 Å². The van der Waals surface area contributed by atoms with E-state index in [0.29, 0.717) is 5.02 Å². The Labute approximate surface area is 123 Å². The highest BCUT2D eigenvalue weighted by molar-refractivity contribution is 9.10. The predicted octanol–water partition coefficient (Wildman–Crippen LogP) is 3.82. The molecule has 0 aliphatic heterocycles. The van der Waals surface area contributed by atoms with Crippen LogP contribution in [0.3, 0.4) is 0 Å². The molecule has 2 aromatic heterocycles. The SMILES string of the molecule is COc1ccc(-c2ccc3nc(Br)cn3n2)c(Cl)c1. The van der Waals surface area contributed by atoms with E-state index in [2.05, 4.69) is 26.0 Å². The van der Waals surface area contributed by atoms with E-state index in [9.17, 15) is 0 Å². The number of methoxy groups -OCH3 is 1. The minimum Gasteiger partial charge on any atom is -0.497 e. The van der Waals surface area contributed by atoms with Crippen LogP contribution in [0.25, 0.3) is 16.9 Å². The molecule has 0 radical (unpaired) electrons. The topological polar surface area (TPSA) is 39.4 Å². The van der Waals surface area contributed by atoms with Gasteiger partial charge in [0.15, 0.2) is 5.65 Å². The van der Waals surface area contributed by atoms with Gasteiger partial charge in [-0.05, 0) is 46.3 Å². The zero-order chi connectivity index (χ0) is 13.4. The lowest BCUT2D eigenvalue weighted by Gasteiger charge is -2.06. The smallest absolute Gasteiger partial charge is 0.154 e. The van der Waals surface area contributed by atoms with Crippen LogP contribution >= 0.6 is 27.5 Å². The number of fused-ring (bicyclic) bond motifs is 1. The maximum Gasteiger partial charge on any atom is 0.154 e. The fourth-order valence-corrected chi connectivity index (χ4v) is 2.47. The lowest BCUT2D eigenvalue weighted by Crippen LogP contribution is -1.94. The standard InChI is InChI=1S/C13H9BrClN3O/c1-19-8-2-3-9(10(15)6-8)11-4-5-13-16-12(14)7-18(13)17-11/h2-7H,1H3. The van der Waals surface area contributed by atoms with Crippen LogP contribution in [0.4, 0.5) is 0 Å². The molecule has 96 valence electrons. The first-order chi connectivity index (χ1) is 9.17. The second-order valence-electron chi connectivity index (χ2n) is 3.93. The quantitative estimate of drug-likeness (QED) is 0.713. The number of nitrogens with zero attached hydrogens (tertiary/aromatic N) is 3. The summed E-state index contributed by atoms with van der Waals surface area (Å²) in [5.74, 6) is 0.722. The molecule has 0 fully saturated rings. The molecule has 0 aliphatic carbocycles. The van der Waals surface area contributed by atoms with Gasteiger partial charge >= 0.3 is 0 Å². The first-order valence-electron chi connectivity index (χ1n) is 5.53. The van der Waals surface area contributed by atoms with Crippen molar-refractivity contribution in [1.82, 2.24) is 14.6 Å². The van der Waals surface area contributed by atoms with Crippen molar-refractivity contribution in [1.29, 1.82) is 0 Å². The molecule has 0 aliphatic rings. The molecule has 0 atom stereocenters. The van der Waals surface area contributed by atoms with E-state index in [0.717, 1.165) is 27.3 Å². The summed E-state index contributed by atoms with van der Waals surface area (Å²) < 4.78 is 7.59. The van der Waals surface area contributed by atoms with Crippen LogP contribution in [0.2, 0.25) is 5.02 Å². The van der Waals surface area contributed by atoms with Gasteiger partial charge in [0, 0.05) is 5.56 Å². The Morgan fingerprint density at radius 3 is 2.84 bits per heavy atom. The van der Waals surface area contributed by atoms with Crippen LogP contribution in [0.5, 0.6) is 5.75 Å². The Balaban J connectivity index is 2.12. The van der Waals surface area contributed by atoms with E-state index >= 15 is 0 Å². The van der Waals surface area contributed by atoms with Crippen LogP contribution in [-0.4, -0.2) is 21.7 Å². The minimum atomic E-state index is 0.602. The Morgan fingerprint density at radius 1 is 1.26 bits per heavy atom. The Hall–Kier alpha value is -1.59. The molecular weight excluding hydrogens is 330 g/mol. The second-order valence-corrected chi connectivity index (χ2v) is 5.15. The van der Waals surface area contributed by atoms with Gasteiger partial charge in [0.2, 0.25) is 0 Å². The molecule has 4 nitrogen and oxygen atoms in total. The molecule has 0 unspecified atom stereocenters. The van der Waals surface area contributed by atoms with Gasteiger partial charge in [-0.3, -0.25) is 0 Å². The third-order valence-corrected chi connectivity index (χ3v) is 3.44. The molecule has 1 aromatic carbocycles. The highest BCUT2D eigenvalue weighted by Gasteiger charge is 2.08. The summed E-state index contributed by atoms with van der Waals surface area (Å²) in [6.45, 7) is 0. The molecule has 0 bridgehead atoms. The molecule has 19 heavy (non-hydrogen) atoms.